The highest BCUT2D eigenvalue weighted by atomic mass is 32.2. The summed E-state index contributed by atoms with van der Waals surface area (Å²) in [5, 5.41) is 0. The van der Waals surface area contributed by atoms with Gasteiger partial charge in [0.05, 0.1) is 5.69 Å². The number of rotatable bonds is 2. The van der Waals surface area contributed by atoms with Gasteiger partial charge in [-0.1, -0.05) is 49.6 Å². The molecule has 1 aromatic carbocycles. The standard InChI is InChI=1S/C19H24N2O2S/c1-20(14-8-4-2-3-5-9-14)18(23)19-13-12-17(22)21(19)15-10-6-7-11-16(15)24-19/h6-7,10-11,14H,2-5,8-9,12-13H2,1H3. The fourth-order valence-electron chi connectivity index (χ4n) is 4.37. The molecule has 5 heteroatoms. The first-order chi connectivity index (χ1) is 11.6. The van der Waals surface area contributed by atoms with Gasteiger partial charge in [0.25, 0.3) is 5.91 Å². The van der Waals surface area contributed by atoms with Crippen LogP contribution in [0.25, 0.3) is 0 Å². The molecule has 3 aliphatic rings. The maximum Gasteiger partial charge on any atom is 0.259 e. The molecule has 4 rings (SSSR count). The predicted molar refractivity (Wildman–Crippen MR) is 96.0 cm³/mol. The van der Waals surface area contributed by atoms with Crippen molar-refractivity contribution >= 4 is 29.3 Å². The zero-order chi connectivity index (χ0) is 16.7. The first kappa shape index (κ1) is 16.0. The van der Waals surface area contributed by atoms with Crippen molar-refractivity contribution < 1.29 is 9.59 Å². The van der Waals surface area contributed by atoms with Gasteiger partial charge in [-0.3, -0.25) is 14.5 Å². The summed E-state index contributed by atoms with van der Waals surface area (Å²) in [6, 6.07) is 8.22. The second-order valence-electron chi connectivity index (χ2n) is 7.14. The molecule has 0 spiro atoms. The number of nitrogens with zero attached hydrogens (tertiary/aromatic N) is 2. The molecule has 1 unspecified atom stereocenters. The number of benzene rings is 1. The number of likely N-dealkylation sites (N-methyl/N-ethyl adjacent to an activating group) is 1. The lowest BCUT2D eigenvalue weighted by atomic mass is 10.1. The van der Waals surface area contributed by atoms with Crippen LogP contribution in [0.2, 0.25) is 0 Å². The number of thioether (sulfide) groups is 1. The molecule has 2 fully saturated rings. The molecule has 2 amide bonds. The van der Waals surface area contributed by atoms with E-state index in [9.17, 15) is 9.59 Å². The Balaban J connectivity index is 1.64. The van der Waals surface area contributed by atoms with Gasteiger partial charge in [-0.25, -0.2) is 0 Å². The Labute approximate surface area is 147 Å². The van der Waals surface area contributed by atoms with E-state index in [1.54, 1.807) is 16.7 Å². The van der Waals surface area contributed by atoms with E-state index in [4.69, 9.17) is 0 Å². The van der Waals surface area contributed by atoms with Crippen LogP contribution in [-0.2, 0) is 9.59 Å². The summed E-state index contributed by atoms with van der Waals surface area (Å²) in [5.41, 5.74) is 0.910. The number of fused-ring (bicyclic) bond motifs is 3. The molecular weight excluding hydrogens is 320 g/mol. The Morgan fingerprint density at radius 1 is 1.21 bits per heavy atom. The summed E-state index contributed by atoms with van der Waals surface area (Å²) in [6.45, 7) is 0. The van der Waals surface area contributed by atoms with Crippen molar-refractivity contribution in [3.8, 4) is 0 Å². The molecule has 4 nitrogen and oxygen atoms in total. The molecule has 1 aromatic rings. The van der Waals surface area contributed by atoms with Gasteiger partial charge in [-0.05, 0) is 31.4 Å². The van der Waals surface area contributed by atoms with E-state index in [1.807, 2.05) is 36.2 Å². The van der Waals surface area contributed by atoms with Gasteiger partial charge in [-0.2, -0.15) is 0 Å². The zero-order valence-corrected chi connectivity index (χ0v) is 15.0. The molecule has 1 aliphatic carbocycles. The number of para-hydroxylation sites is 1. The van der Waals surface area contributed by atoms with Gasteiger partial charge in [-0.15, -0.1) is 0 Å². The van der Waals surface area contributed by atoms with Crippen LogP contribution in [0.4, 0.5) is 5.69 Å². The summed E-state index contributed by atoms with van der Waals surface area (Å²) >= 11 is 1.58. The molecule has 1 saturated carbocycles. The first-order valence-corrected chi connectivity index (χ1v) is 9.83. The largest absolute Gasteiger partial charge is 0.340 e. The van der Waals surface area contributed by atoms with Gasteiger partial charge in [0.15, 0.2) is 4.87 Å². The van der Waals surface area contributed by atoms with Gasteiger partial charge in [0.2, 0.25) is 5.91 Å². The Bertz CT molecular complexity index is 669. The summed E-state index contributed by atoms with van der Waals surface area (Å²) in [5.74, 6) is 0.191. The Hall–Kier alpha value is -1.49. The molecule has 2 heterocycles. The number of hydrogen-bond donors (Lipinski definition) is 0. The molecule has 128 valence electrons. The molecule has 1 saturated heterocycles. The normalized spacial score (nSPS) is 26.9. The van der Waals surface area contributed by atoms with Crippen molar-refractivity contribution in [1.82, 2.24) is 4.90 Å². The fraction of sp³-hybridized carbons (Fsp3) is 0.579. The predicted octanol–water partition coefficient (Wildman–Crippen LogP) is 3.80. The van der Waals surface area contributed by atoms with E-state index in [1.165, 1.54) is 25.7 Å². The van der Waals surface area contributed by atoms with Gasteiger partial charge in [0, 0.05) is 24.4 Å². The van der Waals surface area contributed by atoms with Crippen LogP contribution in [0.5, 0.6) is 0 Å². The molecule has 1 atom stereocenters. The van der Waals surface area contributed by atoms with Crippen molar-refractivity contribution in [3.05, 3.63) is 24.3 Å². The van der Waals surface area contributed by atoms with Crippen LogP contribution in [0.15, 0.2) is 29.2 Å². The minimum atomic E-state index is -0.748. The summed E-state index contributed by atoms with van der Waals surface area (Å²) in [7, 11) is 1.94. The summed E-state index contributed by atoms with van der Waals surface area (Å²) in [4.78, 5) is 30.0. The average Bonchev–Trinajstić information content (AvgIpc) is 2.95. The smallest absolute Gasteiger partial charge is 0.259 e. The van der Waals surface area contributed by atoms with E-state index >= 15 is 0 Å². The molecule has 0 aromatic heterocycles. The second kappa shape index (κ2) is 6.10. The quantitative estimate of drug-likeness (QED) is 0.766. The fourth-order valence-corrected chi connectivity index (χ4v) is 5.87. The van der Waals surface area contributed by atoms with Gasteiger partial charge < -0.3 is 4.90 Å². The van der Waals surface area contributed by atoms with E-state index in [0.29, 0.717) is 18.9 Å². The number of carbonyl (C=O) groups is 2. The highest BCUT2D eigenvalue weighted by Crippen LogP contribution is 2.56. The van der Waals surface area contributed by atoms with Crippen molar-refractivity contribution in [1.29, 1.82) is 0 Å². The van der Waals surface area contributed by atoms with Crippen LogP contribution in [0.3, 0.4) is 0 Å². The lowest BCUT2D eigenvalue weighted by molar-refractivity contribution is -0.135. The Morgan fingerprint density at radius 3 is 2.67 bits per heavy atom. The van der Waals surface area contributed by atoms with Crippen molar-refractivity contribution in [2.45, 2.75) is 67.2 Å². The van der Waals surface area contributed by atoms with Crippen LogP contribution in [-0.4, -0.2) is 34.7 Å². The summed E-state index contributed by atoms with van der Waals surface area (Å²) < 4.78 is 0. The third kappa shape index (κ3) is 2.36. The average molecular weight is 344 g/mol. The lowest BCUT2D eigenvalue weighted by Gasteiger charge is -2.37. The van der Waals surface area contributed by atoms with E-state index in [-0.39, 0.29) is 11.8 Å². The number of anilines is 1. The monoisotopic (exact) mass is 344 g/mol. The number of carbonyl (C=O) groups excluding carboxylic acids is 2. The first-order valence-electron chi connectivity index (χ1n) is 9.02. The minimum absolute atomic E-state index is 0.0788. The second-order valence-corrected chi connectivity index (χ2v) is 8.46. The maximum atomic E-state index is 13.5. The van der Waals surface area contributed by atoms with Crippen LogP contribution >= 0.6 is 11.8 Å². The molecule has 2 aliphatic heterocycles. The Morgan fingerprint density at radius 2 is 1.92 bits per heavy atom. The Kier molecular flexibility index (Phi) is 4.07. The van der Waals surface area contributed by atoms with E-state index in [2.05, 4.69) is 0 Å². The number of hydrogen-bond acceptors (Lipinski definition) is 3. The van der Waals surface area contributed by atoms with Crippen molar-refractivity contribution in [2.24, 2.45) is 0 Å². The molecule has 0 radical (unpaired) electrons. The molecule has 24 heavy (non-hydrogen) atoms. The topological polar surface area (TPSA) is 40.6 Å². The highest BCUT2D eigenvalue weighted by Gasteiger charge is 2.58. The lowest BCUT2D eigenvalue weighted by Crippen LogP contribution is -2.55. The third-order valence-corrected chi connectivity index (χ3v) is 7.16. The van der Waals surface area contributed by atoms with Crippen LogP contribution in [0.1, 0.15) is 51.4 Å². The van der Waals surface area contributed by atoms with E-state index in [0.717, 1.165) is 23.4 Å². The van der Waals surface area contributed by atoms with Crippen molar-refractivity contribution in [3.63, 3.8) is 0 Å². The van der Waals surface area contributed by atoms with Crippen LogP contribution in [0, 0.1) is 0 Å². The SMILES string of the molecule is CN(C(=O)C12CCC(=O)N1c1ccccc1S2)C1CCCCCC1. The maximum absolute atomic E-state index is 13.5. The third-order valence-electron chi connectivity index (χ3n) is 5.70. The van der Waals surface area contributed by atoms with Gasteiger partial charge >= 0.3 is 0 Å². The van der Waals surface area contributed by atoms with Crippen LogP contribution < -0.4 is 4.90 Å². The molecular formula is C19H24N2O2S. The summed E-state index contributed by atoms with van der Waals surface area (Å²) in [6.07, 6.45) is 8.19. The highest BCUT2D eigenvalue weighted by molar-refractivity contribution is 8.02. The number of amides is 2. The minimum Gasteiger partial charge on any atom is -0.340 e. The van der Waals surface area contributed by atoms with E-state index < -0.39 is 4.87 Å². The van der Waals surface area contributed by atoms with Gasteiger partial charge in [0.1, 0.15) is 0 Å². The zero-order valence-electron chi connectivity index (χ0n) is 14.2. The molecule has 0 N–H and O–H groups in total. The molecule has 0 bridgehead atoms. The van der Waals surface area contributed by atoms with Crippen molar-refractivity contribution in [2.75, 3.05) is 11.9 Å².